The van der Waals surface area contributed by atoms with E-state index in [9.17, 15) is 15.0 Å². The average molecular weight is 322 g/mol. The van der Waals surface area contributed by atoms with Gasteiger partial charge in [0.05, 0.1) is 18.3 Å². The van der Waals surface area contributed by atoms with Crippen LogP contribution in [0.1, 0.15) is 46.5 Å². The zero-order chi connectivity index (χ0) is 16.6. The van der Waals surface area contributed by atoms with Gasteiger partial charge >= 0.3 is 5.97 Å². The number of rotatable bonds is 2. The lowest BCUT2D eigenvalue weighted by atomic mass is 9.50. The van der Waals surface area contributed by atoms with E-state index in [1.165, 1.54) is 12.5 Å². The predicted octanol–water partition coefficient (Wildman–Crippen LogP) is 1.57. The van der Waals surface area contributed by atoms with Gasteiger partial charge in [-0.1, -0.05) is 18.6 Å². The molecule has 2 N–H and O–H groups in total. The van der Waals surface area contributed by atoms with Crippen molar-refractivity contribution in [2.24, 2.45) is 16.2 Å². The van der Waals surface area contributed by atoms with Crippen LogP contribution in [0.4, 0.5) is 0 Å². The van der Waals surface area contributed by atoms with Crippen molar-refractivity contribution in [3.63, 3.8) is 0 Å². The maximum absolute atomic E-state index is 11.5. The van der Waals surface area contributed by atoms with E-state index in [1.807, 2.05) is 0 Å². The van der Waals surface area contributed by atoms with Crippen molar-refractivity contribution in [1.29, 1.82) is 0 Å². The number of carbonyl (C=O) groups is 1. The van der Waals surface area contributed by atoms with Crippen molar-refractivity contribution in [3.05, 3.63) is 11.6 Å². The first kappa shape index (κ1) is 15.6. The summed E-state index contributed by atoms with van der Waals surface area (Å²) in [5.74, 6) is -0.312. The van der Waals surface area contributed by atoms with Gasteiger partial charge in [0, 0.05) is 23.2 Å². The molecule has 0 aromatic heterocycles. The largest absolute Gasteiger partial charge is 0.465 e. The van der Waals surface area contributed by atoms with Gasteiger partial charge in [0.15, 0.2) is 0 Å². The summed E-state index contributed by atoms with van der Waals surface area (Å²) in [6.07, 6.45) is 3.49. The fourth-order valence-corrected chi connectivity index (χ4v) is 5.84. The third-order valence-corrected chi connectivity index (χ3v) is 7.40. The molecule has 5 nitrogen and oxygen atoms in total. The Labute approximate surface area is 136 Å². The number of aliphatic hydroxyl groups excluding tert-OH is 2. The number of aliphatic hydroxyl groups is 2. The van der Waals surface area contributed by atoms with E-state index in [2.05, 4.69) is 19.9 Å². The molecule has 3 fully saturated rings. The number of esters is 1. The third kappa shape index (κ3) is 1.66. The summed E-state index contributed by atoms with van der Waals surface area (Å²) in [6.45, 7) is 5.82. The molecule has 1 spiro atoms. The van der Waals surface area contributed by atoms with Crippen LogP contribution in [-0.4, -0.2) is 47.2 Å². The molecule has 0 unspecified atom stereocenters. The van der Waals surface area contributed by atoms with Gasteiger partial charge in [0.2, 0.25) is 0 Å². The van der Waals surface area contributed by atoms with Crippen LogP contribution in [0.15, 0.2) is 11.6 Å². The molecule has 0 aromatic rings. The quantitative estimate of drug-likeness (QED) is 0.596. The standard InChI is InChI=1S/C18H26O5/c1-10-4-5-18(9-22-11(2)19)12(8-10)23-15-13(20)14(21)16(18,3)17(15)6-7-17/h8,12-15,20-21H,4-7,9H2,1-3H3/t12-,13-,14-,15-,16+,18+/m0/s1. The Morgan fingerprint density at radius 1 is 1.39 bits per heavy atom. The first-order valence-corrected chi connectivity index (χ1v) is 8.61. The molecular formula is C18H26O5. The van der Waals surface area contributed by atoms with Crippen molar-refractivity contribution in [2.45, 2.75) is 70.9 Å². The van der Waals surface area contributed by atoms with Gasteiger partial charge < -0.3 is 19.7 Å². The molecule has 0 amide bonds. The lowest BCUT2D eigenvalue weighted by Crippen LogP contribution is -2.63. The molecule has 1 aliphatic heterocycles. The second-order valence-corrected chi connectivity index (χ2v) is 8.22. The lowest BCUT2D eigenvalue weighted by Gasteiger charge is -2.59. The highest BCUT2D eigenvalue weighted by molar-refractivity contribution is 5.66. The fourth-order valence-electron chi connectivity index (χ4n) is 5.84. The van der Waals surface area contributed by atoms with E-state index in [1.54, 1.807) is 0 Å². The van der Waals surface area contributed by atoms with Crippen molar-refractivity contribution in [3.8, 4) is 0 Å². The van der Waals surface area contributed by atoms with Crippen molar-refractivity contribution >= 4 is 5.97 Å². The maximum atomic E-state index is 11.5. The number of hydrogen-bond donors (Lipinski definition) is 2. The molecule has 5 heteroatoms. The summed E-state index contributed by atoms with van der Waals surface area (Å²) < 4.78 is 11.8. The first-order chi connectivity index (χ1) is 10.8. The molecule has 6 atom stereocenters. The molecule has 128 valence electrons. The van der Waals surface area contributed by atoms with E-state index in [0.717, 1.165) is 25.7 Å². The molecular weight excluding hydrogens is 296 g/mol. The van der Waals surface area contributed by atoms with Gasteiger partial charge in [-0.2, -0.15) is 0 Å². The molecule has 1 heterocycles. The van der Waals surface area contributed by atoms with Gasteiger partial charge in [-0.3, -0.25) is 4.79 Å². The highest BCUT2D eigenvalue weighted by atomic mass is 16.5. The van der Waals surface area contributed by atoms with Crippen LogP contribution in [0.3, 0.4) is 0 Å². The van der Waals surface area contributed by atoms with Crippen molar-refractivity contribution in [2.75, 3.05) is 6.61 Å². The van der Waals surface area contributed by atoms with Crippen LogP contribution in [0.2, 0.25) is 0 Å². The Hall–Kier alpha value is -0.910. The minimum atomic E-state index is -0.865. The van der Waals surface area contributed by atoms with Crippen LogP contribution in [0, 0.1) is 16.2 Å². The number of allylic oxidation sites excluding steroid dienone is 1. The SMILES string of the molecule is CC(=O)OC[C@]12CCC(C)=C[C@@H]1O[C@H]1[C@@H](O)[C@H](O)[C@]2(C)C12CC2. The van der Waals surface area contributed by atoms with Crippen LogP contribution >= 0.6 is 0 Å². The van der Waals surface area contributed by atoms with E-state index in [-0.39, 0.29) is 30.2 Å². The summed E-state index contributed by atoms with van der Waals surface area (Å²) in [6, 6.07) is 0. The normalized spacial score (nSPS) is 49.5. The van der Waals surface area contributed by atoms with Crippen molar-refractivity contribution < 1.29 is 24.5 Å². The minimum Gasteiger partial charge on any atom is -0.465 e. The van der Waals surface area contributed by atoms with E-state index >= 15 is 0 Å². The molecule has 4 rings (SSSR count). The molecule has 0 aromatic carbocycles. The van der Waals surface area contributed by atoms with E-state index in [4.69, 9.17) is 9.47 Å². The van der Waals surface area contributed by atoms with Crippen LogP contribution < -0.4 is 0 Å². The summed E-state index contributed by atoms with van der Waals surface area (Å²) in [5, 5.41) is 21.6. The minimum absolute atomic E-state index is 0.179. The summed E-state index contributed by atoms with van der Waals surface area (Å²) >= 11 is 0. The second-order valence-electron chi connectivity index (χ2n) is 8.22. The highest BCUT2D eigenvalue weighted by Crippen LogP contribution is 2.78. The molecule has 4 aliphatic rings. The molecule has 23 heavy (non-hydrogen) atoms. The number of fused-ring (bicyclic) bond motifs is 2. The number of hydrogen-bond acceptors (Lipinski definition) is 5. The third-order valence-electron chi connectivity index (χ3n) is 7.40. The monoisotopic (exact) mass is 322 g/mol. The number of ether oxygens (including phenoxy) is 2. The summed E-state index contributed by atoms with van der Waals surface area (Å²) in [5.41, 5.74) is 0.107. The van der Waals surface area contributed by atoms with Gasteiger partial charge in [-0.05, 0) is 32.6 Å². The Kier molecular flexibility index (Phi) is 3.11. The van der Waals surface area contributed by atoms with Gasteiger partial charge in [0.25, 0.3) is 0 Å². The molecule has 3 aliphatic carbocycles. The zero-order valence-corrected chi connectivity index (χ0v) is 14.0. The van der Waals surface area contributed by atoms with Crippen LogP contribution in [-0.2, 0) is 14.3 Å². The lowest BCUT2D eigenvalue weighted by molar-refractivity contribution is -0.234. The highest BCUT2D eigenvalue weighted by Gasteiger charge is 2.82. The summed E-state index contributed by atoms with van der Waals surface area (Å²) in [7, 11) is 0. The van der Waals surface area contributed by atoms with Gasteiger partial charge in [-0.25, -0.2) is 0 Å². The Balaban J connectivity index is 1.85. The van der Waals surface area contributed by atoms with E-state index in [0.29, 0.717) is 0 Å². The van der Waals surface area contributed by atoms with Gasteiger partial charge in [-0.15, -0.1) is 0 Å². The van der Waals surface area contributed by atoms with E-state index < -0.39 is 23.0 Å². The van der Waals surface area contributed by atoms with Crippen LogP contribution in [0.25, 0.3) is 0 Å². The Morgan fingerprint density at radius 2 is 2.09 bits per heavy atom. The first-order valence-electron chi connectivity index (χ1n) is 8.61. The molecule has 2 saturated carbocycles. The molecule has 0 radical (unpaired) electrons. The maximum Gasteiger partial charge on any atom is 0.302 e. The number of carbonyl (C=O) groups excluding carboxylic acids is 1. The zero-order valence-electron chi connectivity index (χ0n) is 14.0. The molecule has 2 bridgehead atoms. The van der Waals surface area contributed by atoms with Gasteiger partial charge in [0.1, 0.15) is 12.7 Å². The van der Waals surface area contributed by atoms with Crippen LogP contribution in [0.5, 0.6) is 0 Å². The fraction of sp³-hybridized carbons (Fsp3) is 0.833. The molecule has 1 saturated heterocycles. The Bertz CT molecular complexity index is 580. The predicted molar refractivity (Wildman–Crippen MR) is 82.5 cm³/mol. The second kappa shape index (κ2) is 4.58. The smallest absolute Gasteiger partial charge is 0.302 e. The average Bonchev–Trinajstić information content (AvgIpc) is 3.28. The summed E-state index contributed by atoms with van der Waals surface area (Å²) in [4.78, 5) is 11.5. The topological polar surface area (TPSA) is 76.0 Å². The Morgan fingerprint density at radius 3 is 2.70 bits per heavy atom. The van der Waals surface area contributed by atoms with Crippen molar-refractivity contribution in [1.82, 2.24) is 0 Å².